The first-order valence-electron chi connectivity index (χ1n) is 9.12. The number of hydrogen-bond acceptors (Lipinski definition) is 6. The van der Waals surface area contributed by atoms with E-state index in [1.165, 1.54) is 11.3 Å². The number of nitrogens with one attached hydrogen (secondary N) is 1. The van der Waals surface area contributed by atoms with Gasteiger partial charge in [0.2, 0.25) is 0 Å². The van der Waals surface area contributed by atoms with Gasteiger partial charge in [-0.2, -0.15) is 5.26 Å². The van der Waals surface area contributed by atoms with Gasteiger partial charge in [0.05, 0.1) is 10.2 Å². The molecule has 3 rings (SSSR count). The predicted molar refractivity (Wildman–Crippen MR) is 108 cm³/mol. The first-order chi connectivity index (χ1) is 12.6. The summed E-state index contributed by atoms with van der Waals surface area (Å²) in [6, 6.07) is 8.34. The van der Waals surface area contributed by atoms with E-state index in [0.717, 1.165) is 22.3 Å². The standard InChI is InChI=1S/C20H26N4O2S/c1-19(2,3)26-18(25)24-9-8-16(20(4,5)12-24)22-13-6-7-15-14(10-13)23-17(11-21)27-15/h6-7,10,16,22H,8-9,12H2,1-5H3. The van der Waals surface area contributed by atoms with Crippen molar-refractivity contribution >= 4 is 33.3 Å². The van der Waals surface area contributed by atoms with Crippen molar-refractivity contribution in [1.29, 1.82) is 5.26 Å². The molecule has 1 amide bonds. The van der Waals surface area contributed by atoms with Crippen molar-refractivity contribution in [2.45, 2.75) is 52.7 Å². The number of ether oxygens (including phenoxy) is 1. The lowest BCUT2D eigenvalue weighted by molar-refractivity contribution is 0.00692. The van der Waals surface area contributed by atoms with Crippen LogP contribution < -0.4 is 5.32 Å². The van der Waals surface area contributed by atoms with Crippen molar-refractivity contribution in [3.8, 4) is 6.07 Å². The Morgan fingerprint density at radius 3 is 2.81 bits per heavy atom. The summed E-state index contributed by atoms with van der Waals surface area (Å²) in [5.41, 5.74) is 1.23. The number of likely N-dealkylation sites (tertiary alicyclic amines) is 1. The summed E-state index contributed by atoms with van der Waals surface area (Å²) in [6.45, 7) is 11.3. The first kappa shape index (κ1) is 19.4. The molecule has 0 radical (unpaired) electrons. The van der Waals surface area contributed by atoms with E-state index >= 15 is 0 Å². The molecule has 6 nitrogen and oxygen atoms in total. The van der Waals surface area contributed by atoms with Crippen molar-refractivity contribution in [2.75, 3.05) is 18.4 Å². The van der Waals surface area contributed by atoms with E-state index in [4.69, 9.17) is 10.00 Å². The molecule has 0 bridgehead atoms. The highest BCUT2D eigenvalue weighted by molar-refractivity contribution is 7.19. The number of fused-ring (bicyclic) bond motifs is 1. The van der Waals surface area contributed by atoms with Crippen LogP contribution in [0.4, 0.5) is 10.5 Å². The Balaban J connectivity index is 1.70. The fourth-order valence-electron chi connectivity index (χ4n) is 3.37. The third kappa shape index (κ3) is 4.51. The highest BCUT2D eigenvalue weighted by Gasteiger charge is 2.38. The van der Waals surface area contributed by atoms with Gasteiger partial charge in [0.15, 0.2) is 5.01 Å². The quantitative estimate of drug-likeness (QED) is 0.815. The lowest BCUT2D eigenvalue weighted by Gasteiger charge is -2.45. The zero-order valence-electron chi connectivity index (χ0n) is 16.5. The molecule has 0 saturated carbocycles. The first-order valence-corrected chi connectivity index (χ1v) is 9.94. The van der Waals surface area contributed by atoms with E-state index in [2.05, 4.69) is 30.2 Å². The van der Waals surface area contributed by atoms with Gasteiger partial charge < -0.3 is 15.0 Å². The number of thiazole rings is 1. The fourth-order valence-corrected chi connectivity index (χ4v) is 4.12. The van der Waals surface area contributed by atoms with Gasteiger partial charge in [0, 0.05) is 30.2 Å². The molecule has 0 aliphatic carbocycles. The van der Waals surface area contributed by atoms with Crippen LogP contribution in [0.15, 0.2) is 18.2 Å². The third-order valence-electron chi connectivity index (χ3n) is 4.71. The molecule has 1 saturated heterocycles. The molecule has 1 aliphatic heterocycles. The second kappa shape index (κ2) is 7.01. The van der Waals surface area contributed by atoms with E-state index in [1.54, 1.807) is 4.90 Å². The molecule has 1 N–H and O–H groups in total. The Hall–Kier alpha value is -2.33. The molecule has 1 aliphatic rings. The summed E-state index contributed by atoms with van der Waals surface area (Å²) < 4.78 is 6.53. The zero-order chi connectivity index (χ0) is 19.8. The van der Waals surface area contributed by atoms with Crippen LogP contribution in [-0.4, -0.2) is 40.7 Å². The third-order valence-corrected chi connectivity index (χ3v) is 5.65. The molecule has 7 heteroatoms. The van der Waals surface area contributed by atoms with Crippen LogP contribution >= 0.6 is 11.3 Å². The van der Waals surface area contributed by atoms with E-state index in [1.807, 2.05) is 39.0 Å². The van der Waals surface area contributed by atoms with E-state index in [9.17, 15) is 4.79 Å². The van der Waals surface area contributed by atoms with E-state index < -0.39 is 5.60 Å². The Morgan fingerprint density at radius 2 is 2.19 bits per heavy atom. The second-order valence-corrected chi connectivity index (χ2v) is 9.72. The number of anilines is 1. The molecule has 1 aromatic heterocycles. The summed E-state index contributed by atoms with van der Waals surface area (Å²) in [4.78, 5) is 18.5. The average Bonchev–Trinajstić information content (AvgIpc) is 2.97. The number of carbonyl (C=O) groups is 1. The lowest BCUT2D eigenvalue weighted by atomic mass is 9.79. The smallest absolute Gasteiger partial charge is 0.410 e. The van der Waals surface area contributed by atoms with Crippen LogP contribution in [0.2, 0.25) is 0 Å². The highest BCUT2D eigenvalue weighted by atomic mass is 32.1. The number of amides is 1. The highest BCUT2D eigenvalue weighted by Crippen LogP contribution is 2.33. The summed E-state index contributed by atoms with van der Waals surface area (Å²) in [5.74, 6) is 0. The van der Waals surface area contributed by atoms with Crippen LogP contribution in [0, 0.1) is 16.7 Å². The van der Waals surface area contributed by atoms with Crippen molar-refractivity contribution in [3.05, 3.63) is 23.2 Å². The molecule has 1 atom stereocenters. The van der Waals surface area contributed by atoms with Gasteiger partial charge >= 0.3 is 6.09 Å². The number of rotatable bonds is 2. The average molecular weight is 387 g/mol. The van der Waals surface area contributed by atoms with Gasteiger partial charge in [-0.3, -0.25) is 0 Å². The van der Waals surface area contributed by atoms with E-state index in [0.29, 0.717) is 18.1 Å². The number of nitrogens with zero attached hydrogens (tertiary/aromatic N) is 3. The number of benzene rings is 1. The van der Waals surface area contributed by atoms with Crippen molar-refractivity contribution in [1.82, 2.24) is 9.88 Å². The van der Waals surface area contributed by atoms with Crippen molar-refractivity contribution < 1.29 is 9.53 Å². The van der Waals surface area contributed by atoms with Crippen LogP contribution in [0.1, 0.15) is 46.0 Å². The van der Waals surface area contributed by atoms with Gasteiger partial charge in [-0.15, -0.1) is 11.3 Å². The maximum Gasteiger partial charge on any atom is 0.410 e. The Kier molecular flexibility index (Phi) is 5.04. The molecule has 1 fully saturated rings. The molecule has 144 valence electrons. The summed E-state index contributed by atoms with van der Waals surface area (Å²) >= 11 is 1.40. The SMILES string of the molecule is CC(C)(C)OC(=O)N1CCC(Nc2ccc3sc(C#N)nc3c2)C(C)(C)C1. The Morgan fingerprint density at radius 1 is 1.44 bits per heavy atom. The monoisotopic (exact) mass is 386 g/mol. The summed E-state index contributed by atoms with van der Waals surface area (Å²) in [7, 11) is 0. The van der Waals surface area contributed by atoms with Gasteiger partial charge in [0.25, 0.3) is 0 Å². The van der Waals surface area contributed by atoms with Crippen LogP contribution in [0.25, 0.3) is 10.2 Å². The molecule has 2 heterocycles. The molecule has 0 spiro atoms. The molecule has 1 aromatic carbocycles. The molecule has 1 unspecified atom stereocenters. The van der Waals surface area contributed by atoms with Gasteiger partial charge in [-0.05, 0) is 45.4 Å². The Labute approximate surface area is 164 Å². The topological polar surface area (TPSA) is 78.2 Å². The maximum absolute atomic E-state index is 12.4. The lowest BCUT2D eigenvalue weighted by Crippen LogP contribution is -2.54. The van der Waals surface area contributed by atoms with E-state index in [-0.39, 0.29) is 17.6 Å². The number of nitriles is 1. The maximum atomic E-state index is 12.4. The van der Waals surface area contributed by atoms with Gasteiger partial charge in [-0.1, -0.05) is 13.8 Å². The van der Waals surface area contributed by atoms with Crippen molar-refractivity contribution in [3.63, 3.8) is 0 Å². The van der Waals surface area contributed by atoms with Crippen molar-refractivity contribution in [2.24, 2.45) is 5.41 Å². The zero-order valence-corrected chi connectivity index (χ0v) is 17.3. The number of aromatic nitrogens is 1. The minimum atomic E-state index is -0.485. The largest absolute Gasteiger partial charge is 0.444 e. The molecular weight excluding hydrogens is 360 g/mol. The number of piperidine rings is 1. The second-order valence-electron chi connectivity index (χ2n) is 8.69. The Bertz CT molecular complexity index is 891. The van der Waals surface area contributed by atoms with Crippen LogP contribution in [0.5, 0.6) is 0 Å². The fraction of sp³-hybridized carbons (Fsp3) is 0.550. The normalized spacial score (nSPS) is 19.6. The predicted octanol–water partition coefficient (Wildman–Crippen LogP) is 4.62. The molecule has 2 aromatic rings. The minimum Gasteiger partial charge on any atom is -0.444 e. The minimum absolute atomic E-state index is 0.107. The van der Waals surface area contributed by atoms with Crippen LogP contribution in [0.3, 0.4) is 0 Å². The molecular formula is C20H26N4O2S. The summed E-state index contributed by atoms with van der Waals surface area (Å²) in [5, 5.41) is 13.1. The number of carbonyl (C=O) groups excluding carboxylic acids is 1. The number of hydrogen-bond donors (Lipinski definition) is 1. The van der Waals surface area contributed by atoms with Gasteiger partial charge in [0.1, 0.15) is 11.7 Å². The summed E-state index contributed by atoms with van der Waals surface area (Å²) in [6.07, 6.45) is 0.590. The molecule has 27 heavy (non-hydrogen) atoms. The van der Waals surface area contributed by atoms with Gasteiger partial charge in [-0.25, -0.2) is 9.78 Å². The van der Waals surface area contributed by atoms with Crippen LogP contribution in [-0.2, 0) is 4.74 Å².